The molecule has 1 atom stereocenters. The van der Waals surface area contributed by atoms with E-state index >= 15 is 0 Å². The van der Waals surface area contributed by atoms with Gasteiger partial charge in [-0.3, -0.25) is 15.0 Å². The average Bonchev–Trinajstić information content (AvgIpc) is 3.14. The summed E-state index contributed by atoms with van der Waals surface area (Å²) < 4.78 is 42.6. The van der Waals surface area contributed by atoms with E-state index in [2.05, 4.69) is 10.3 Å². The smallest absolute Gasteiger partial charge is 0.323 e. The number of nitrogens with zero attached hydrogens (tertiary/aromatic N) is 2. The third-order valence-corrected chi connectivity index (χ3v) is 5.96. The lowest BCUT2D eigenvalue weighted by Crippen LogP contribution is -2.64. The molecule has 1 saturated heterocycles. The highest BCUT2D eigenvalue weighted by Gasteiger charge is 2.69. The van der Waals surface area contributed by atoms with Crippen molar-refractivity contribution >= 4 is 38.6 Å². The number of urea groups is 1. The molecule has 144 valence electrons. The second-order valence-corrected chi connectivity index (χ2v) is 7.79. The minimum Gasteiger partial charge on any atom is -0.323 e. The molecular weight excluding hydrogens is 381 g/mol. The molecule has 1 aromatic heterocycles. The van der Waals surface area contributed by atoms with Crippen LogP contribution in [-0.2, 0) is 4.79 Å². The second kappa shape index (κ2) is 6.36. The molecule has 2 heterocycles. The number of alkyl halides is 3. The molecule has 1 aliphatic carbocycles. The third-order valence-electron chi connectivity index (χ3n) is 5.01. The zero-order chi connectivity index (χ0) is 19.2. The number of carbonyl (C=O) groups excluding carboxylic acids is 2. The Kier molecular flexibility index (Phi) is 4.25. The molecule has 10 heteroatoms. The number of thiazole rings is 1. The Hall–Kier alpha value is -2.36. The van der Waals surface area contributed by atoms with E-state index in [0.717, 1.165) is 35.5 Å². The maximum atomic E-state index is 14.0. The van der Waals surface area contributed by atoms with Crippen molar-refractivity contribution in [2.75, 3.05) is 5.32 Å². The number of nitrogens with one attached hydrogen (secondary N) is 2. The van der Waals surface area contributed by atoms with E-state index in [0.29, 0.717) is 23.1 Å². The van der Waals surface area contributed by atoms with E-state index in [1.54, 1.807) is 24.3 Å². The largest absolute Gasteiger partial charge is 0.440 e. The first-order valence-corrected chi connectivity index (χ1v) is 9.50. The van der Waals surface area contributed by atoms with E-state index < -0.39 is 29.8 Å². The number of imide groups is 1. The van der Waals surface area contributed by atoms with Gasteiger partial charge in [0.25, 0.3) is 11.6 Å². The fourth-order valence-corrected chi connectivity index (χ4v) is 4.57. The summed E-state index contributed by atoms with van der Waals surface area (Å²) in [6, 6.07) is 5.34. The number of para-hydroxylation sites is 1. The molecule has 2 fully saturated rings. The Labute approximate surface area is 156 Å². The van der Waals surface area contributed by atoms with E-state index in [1.807, 2.05) is 5.32 Å². The van der Waals surface area contributed by atoms with E-state index in [1.165, 1.54) is 0 Å². The SMILES string of the molecule is O=C1N[C@](Nc2nc3ccccc3s2)(C(F)(F)F)C(=O)N1C1CCCCC1. The van der Waals surface area contributed by atoms with Crippen molar-refractivity contribution in [3.05, 3.63) is 24.3 Å². The Balaban J connectivity index is 1.70. The van der Waals surface area contributed by atoms with Gasteiger partial charge in [-0.05, 0) is 25.0 Å². The fourth-order valence-electron chi connectivity index (χ4n) is 3.65. The molecule has 6 nitrogen and oxygen atoms in total. The lowest BCUT2D eigenvalue weighted by molar-refractivity contribution is -0.189. The number of rotatable bonds is 3. The lowest BCUT2D eigenvalue weighted by Gasteiger charge is -2.32. The number of halogens is 3. The molecule has 2 aliphatic rings. The zero-order valence-corrected chi connectivity index (χ0v) is 15.0. The van der Waals surface area contributed by atoms with E-state index in [9.17, 15) is 22.8 Å². The maximum absolute atomic E-state index is 14.0. The summed E-state index contributed by atoms with van der Waals surface area (Å²) >= 11 is 0.995. The van der Waals surface area contributed by atoms with E-state index in [4.69, 9.17) is 0 Å². The van der Waals surface area contributed by atoms with Gasteiger partial charge in [-0.2, -0.15) is 13.2 Å². The van der Waals surface area contributed by atoms with Crippen LogP contribution >= 0.6 is 11.3 Å². The number of aromatic nitrogens is 1. The number of anilines is 1. The van der Waals surface area contributed by atoms with Crippen LogP contribution in [0.3, 0.4) is 0 Å². The predicted octanol–water partition coefficient (Wildman–Crippen LogP) is 3.85. The molecule has 0 spiro atoms. The molecule has 0 bridgehead atoms. The quantitative estimate of drug-likeness (QED) is 0.771. The molecule has 0 unspecified atom stereocenters. The first-order valence-electron chi connectivity index (χ1n) is 8.68. The summed E-state index contributed by atoms with van der Waals surface area (Å²) in [5, 5.41) is 3.98. The fraction of sp³-hybridized carbons (Fsp3) is 0.471. The van der Waals surface area contributed by atoms with Crippen molar-refractivity contribution in [2.45, 2.75) is 50.0 Å². The Morgan fingerprint density at radius 1 is 1.19 bits per heavy atom. The normalized spacial score (nSPS) is 24.5. The number of amides is 3. The van der Waals surface area contributed by atoms with Gasteiger partial charge in [0.1, 0.15) is 0 Å². The summed E-state index contributed by atoms with van der Waals surface area (Å²) in [4.78, 5) is 30.0. The van der Waals surface area contributed by atoms with Gasteiger partial charge in [-0.25, -0.2) is 9.78 Å². The molecule has 1 saturated carbocycles. The van der Waals surface area contributed by atoms with Crippen LogP contribution in [0.25, 0.3) is 10.2 Å². The van der Waals surface area contributed by atoms with Crippen molar-refractivity contribution in [2.24, 2.45) is 0 Å². The van der Waals surface area contributed by atoms with E-state index in [-0.39, 0.29) is 5.13 Å². The van der Waals surface area contributed by atoms with Gasteiger partial charge in [0.15, 0.2) is 5.13 Å². The first kappa shape index (κ1) is 18.0. The summed E-state index contributed by atoms with van der Waals surface area (Å²) in [5.74, 6) is -1.31. The number of fused-ring (bicyclic) bond motifs is 1. The molecule has 2 aromatic rings. The highest BCUT2D eigenvalue weighted by Crippen LogP contribution is 2.40. The number of hydrogen-bond donors (Lipinski definition) is 2. The van der Waals surface area contributed by atoms with Crippen LogP contribution in [0.1, 0.15) is 32.1 Å². The molecule has 2 N–H and O–H groups in total. The van der Waals surface area contributed by atoms with Gasteiger partial charge in [-0.15, -0.1) is 0 Å². The van der Waals surface area contributed by atoms with Crippen LogP contribution in [0.5, 0.6) is 0 Å². The predicted molar refractivity (Wildman–Crippen MR) is 94.3 cm³/mol. The van der Waals surface area contributed by atoms with Gasteiger partial charge in [-0.1, -0.05) is 42.7 Å². The summed E-state index contributed by atoms with van der Waals surface area (Å²) in [5.41, 5.74) is -2.68. The molecule has 4 rings (SSSR count). The standard InChI is InChI=1S/C17H17F3N4O2S/c18-17(19,20)16(22-14-21-11-8-4-5-9-12(11)27-14)13(25)24(15(26)23-16)10-6-2-1-3-7-10/h4-5,8-10H,1-3,6-7H2,(H,21,22)(H,23,26)/t16-/m0/s1. The van der Waals surface area contributed by atoms with Crippen molar-refractivity contribution in [3.8, 4) is 0 Å². The molecule has 0 radical (unpaired) electrons. The van der Waals surface area contributed by atoms with Gasteiger partial charge in [0.05, 0.1) is 10.2 Å². The minimum atomic E-state index is -5.03. The molecule has 27 heavy (non-hydrogen) atoms. The highest BCUT2D eigenvalue weighted by molar-refractivity contribution is 7.22. The van der Waals surface area contributed by atoms with Gasteiger partial charge in [0, 0.05) is 6.04 Å². The van der Waals surface area contributed by atoms with Gasteiger partial charge < -0.3 is 5.32 Å². The maximum Gasteiger partial charge on any atom is 0.440 e. The third kappa shape index (κ3) is 2.91. The van der Waals surface area contributed by atoms with Crippen molar-refractivity contribution in [3.63, 3.8) is 0 Å². The molecule has 1 aliphatic heterocycles. The van der Waals surface area contributed by atoms with Crippen LogP contribution < -0.4 is 10.6 Å². The summed E-state index contributed by atoms with van der Waals surface area (Å²) in [6.45, 7) is 0. The lowest BCUT2D eigenvalue weighted by atomic mass is 9.94. The monoisotopic (exact) mass is 398 g/mol. The zero-order valence-electron chi connectivity index (χ0n) is 14.2. The average molecular weight is 398 g/mol. The second-order valence-electron chi connectivity index (χ2n) is 6.76. The molecular formula is C17H17F3N4O2S. The Bertz CT molecular complexity index is 861. The first-order chi connectivity index (χ1) is 12.8. The topological polar surface area (TPSA) is 74.3 Å². The van der Waals surface area contributed by atoms with Crippen molar-refractivity contribution in [1.29, 1.82) is 0 Å². The van der Waals surface area contributed by atoms with Crippen LogP contribution in [0.4, 0.5) is 23.1 Å². The molecule has 3 amide bonds. The van der Waals surface area contributed by atoms with Crippen LogP contribution in [0.2, 0.25) is 0 Å². The Morgan fingerprint density at radius 2 is 1.89 bits per heavy atom. The summed E-state index contributed by atoms with van der Waals surface area (Å²) in [7, 11) is 0. The molecule has 1 aromatic carbocycles. The van der Waals surface area contributed by atoms with Crippen molar-refractivity contribution in [1.82, 2.24) is 15.2 Å². The summed E-state index contributed by atoms with van der Waals surface area (Å²) in [6.07, 6.45) is -1.46. The van der Waals surface area contributed by atoms with Crippen LogP contribution in [0.15, 0.2) is 24.3 Å². The minimum absolute atomic E-state index is 0.0762. The number of carbonyl (C=O) groups is 2. The van der Waals surface area contributed by atoms with Gasteiger partial charge in [0.2, 0.25) is 0 Å². The van der Waals surface area contributed by atoms with Crippen molar-refractivity contribution < 1.29 is 22.8 Å². The van der Waals surface area contributed by atoms with Crippen LogP contribution in [0, 0.1) is 0 Å². The van der Waals surface area contributed by atoms with Crippen LogP contribution in [-0.4, -0.2) is 39.7 Å². The van der Waals surface area contributed by atoms with Gasteiger partial charge >= 0.3 is 12.2 Å². The Morgan fingerprint density at radius 3 is 2.56 bits per heavy atom. The number of benzene rings is 1. The number of hydrogen-bond acceptors (Lipinski definition) is 5. The highest BCUT2D eigenvalue weighted by atomic mass is 32.1.